The van der Waals surface area contributed by atoms with Crippen molar-refractivity contribution in [1.82, 2.24) is 0 Å². The summed E-state index contributed by atoms with van der Waals surface area (Å²) in [4.78, 5) is 0. The van der Waals surface area contributed by atoms with Crippen molar-refractivity contribution in [2.24, 2.45) is 0 Å². The molecule has 1 N–H and O–H groups in total. The van der Waals surface area contributed by atoms with Crippen LogP contribution in [0.3, 0.4) is 0 Å². The number of allylic oxidation sites excluding steroid dienone is 4. The smallest absolute Gasteiger partial charge is 0.0540 e. The molecule has 0 bridgehead atoms. The van der Waals surface area contributed by atoms with Crippen molar-refractivity contribution < 1.29 is 5.11 Å². The Bertz CT molecular complexity index is 125. The topological polar surface area (TPSA) is 20.2 Å². The van der Waals surface area contributed by atoms with Crippen LogP contribution in [0.5, 0.6) is 0 Å². The third-order valence-electron chi connectivity index (χ3n) is 1.58. The molecule has 11 heavy (non-hydrogen) atoms. The highest BCUT2D eigenvalue weighted by Gasteiger charge is 1.96. The second kappa shape index (κ2) is 7.55. The quantitative estimate of drug-likeness (QED) is 0.604. The van der Waals surface area contributed by atoms with Gasteiger partial charge in [0.15, 0.2) is 0 Å². The Morgan fingerprint density at radius 3 is 2.64 bits per heavy atom. The highest BCUT2D eigenvalue weighted by Crippen LogP contribution is 2.01. The van der Waals surface area contributed by atoms with E-state index < -0.39 is 0 Å². The highest BCUT2D eigenvalue weighted by atomic mass is 16.3. The summed E-state index contributed by atoms with van der Waals surface area (Å²) in [5, 5.41) is 9.16. The minimum atomic E-state index is -0.120. The summed E-state index contributed by atoms with van der Waals surface area (Å²) in [5.41, 5.74) is 0. The van der Waals surface area contributed by atoms with Crippen LogP contribution in [0.15, 0.2) is 24.3 Å². The summed E-state index contributed by atoms with van der Waals surface area (Å²) >= 11 is 0. The van der Waals surface area contributed by atoms with E-state index >= 15 is 0 Å². The van der Waals surface area contributed by atoms with Gasteiger partial charge >= 0.3 is 0 Å². The molecule has 1 atom stereocenters. The van der Waals surface area contributed by atoms with Crippen LogP contribution in [0.25, 0.3) is 0 Å². The zero-order valence-electron chi connectivity index (χ0n) is 7.46. The van der Waals surface area contributed by atoms with Gasteiger partial charge in [0.25, 0.3) is 0 Å². The number of aliphatic hydroxyl groups is 1. The van der Waals surface area contributed by atoms with Gasteiger partial charge in [0, 0.05) is 0 Å². The Morgan fingerprint density at radius 1 is 1.36 bits per heavy atom. The standard InChI is InChI=1S/C10H18O/c1-3-5-6-7-8-9-10(11)4-2/h3,5-7,10-11H,4,8-9H2,1-2H3. The third kappa shape index (κ3) is 7.34. The van der Waals surface area contributed by atoms with Crippen LogP contribution in [0.1, 0.15) is 33.1 Å². The molecule has 64 valence electrons. The molecular formula is C10H18O. The van der Waals surface area contributed by atoms with E-state index in [1.165, 1.54) is 0 Å². The van der Waals surface area contributed by atoms with E-state index in [4.69, 9.17) is 5.11 Å². The van der Waals surface area contributed by atoms with E-state index in [1.807, 2.05) is 32.1 Å². The molecule has 0 spiro atoms. The molecule has 1 heteroatoms. The summed E-state index contributed by atoms with van der Waals surface area (Å²) in [6, 6.07) is 0. The molecule has 0 fully saturated rings. The van der Waals surface area contributed by atoms with Crippen molar-refractivity contribution >= 4 is 0 Å². The molecular weight excluding hydrogens is 136 g/mol. The van der Waals surface area contributed by atoms with Gasteiger partial charge in [-0.3, -0.25) is 0 Å². The van der Waals surface area contributed by atoms with Crippen molar-refractivity contribution in [2.75, 3.05) is 0 Å². The van der Waals surface area contributed by atoms with Crippen molar-refractivity contribution in [3.8, 4) is 0 Å². The third-order valence-corrected chi connectivity index (χ3v) is 1.58. The molecule has 0 aliphatic rings. The Balaban J connectivity index is 3.26. The largest absolute Gasteiger partial charge is 0.393 e. The van der Waals surface area contributed by atoms with Gasteiger partial charge in [0.1, 0.15) is 0 Å². The lowest BCUT2D eigenvalue weighted by molar-refractivity contribution is 0.161. The molecule has 0 aliphatic carbocycles. The molecule has 0 radical (unpaired) electrons. The van der Waals surface area contributed by atoms with Gasteiger partial charge in [0.05, 0.1) is 6.10 Å². The van der Waals surface area contributed by atoms with Gasteiger partial charge in [-0.1, -0.05) is 31.2 Å². The SMILES string of the molecule is CC=CC=CCCC(O)CC. The maximum absolute atomic E-state index is 9.16. The van der Waals surface area contributed by atoms with E-state index in [1.54, 1.807) is 0 Å². The monoisotopic (exact) mass is 154 g/mol. The van der Waals surface area contributed by atoms with Crippen molar-refractivity contribution in [3.63, 3.8) is 0 Å². The summed E-state index contributed by atoms with van der Waals surface area (Å²) in [5.74, 6) is 0. The van der Waals surface area contributed by atoms with Crippen molar-refractivity contribution in [1.29, 1.82) is 0 Å². The zero-order valence-corrected chi connectivity index (χ0v) is 7.46. The van der Waals surface area contributed by atoms with Gasteiger partial charge in [-0.05, 0) is 26.2 Å². The Labute approximate surface area is 69.4 Å². The first-order chi connectivity index (χ1) is 5.31. The van der Waals surface area contributed by atoms with Crippen LogP contribution in [-0.2, 0) is 0 Å². The first-order valence-electron chi connectivity index (χ1n) is 4.27. The van der Waals surface area contributed by atoms with E-state index in [-0.39, 0.29) is 6.10 Å². The highest BCUT2D eigenvalue weighted by molar-refractivity contribution is 5.00. The number of hydrogen-bond donors (Lipinski definition) is 1. The summed E-state index contributed by atoms with van der Waals surface area (Å²) in [6.45, 7) is 3.99. The Hall–Kier alpha value is -0.560. The molecule has 0 aromatic heterocycles. The molecule has 0 aromatic carbocycles. The second-order valence-electron chi connectivity index (χ2n) is 2.59. The summed E-state index contributed by atoms with van der Waals surface area (Å²) in [6.07, 6.45) is 10.7. The average Bonchev–Trinajstić information content (AvgIpc) is 2.04. The van der Waals surface area contributed by atoms with Crippen molar-refractivity contribution in [2.45, 2.75) is 39.2 Å². The lowest BCUT2D eigenvalue weighted by Crippen LogP contribution is -2.02. The second-order valence-corrected chi connectivity index (χ2v) is 2.59. The van der Waals surface area contributed by atoms with E-state index in [0.29, 0.717) is 0 Å². The first kappa shape index (κ1) is 10.4. The molecule has 1 nitrogen and oxygen atoms in total. The Morgan fingerprint density at radius 2 is 2.09 bits per heavy atom. The van der Waals surface area contributed by atoms with Gasteiger partial charge in [-0.2, -0.15) is 0 Å². The number of aliphatic hydroxyl groups excluding tert-OH is 1. The van der Waals surface area contributed by atoms with Gasteiger partial charge in [0.2, 0.25) is 0 Å². The molecule has 0 rings (SSSR count). The average molecular weight is 154 g/mol. The maximum Gasteiger partial charge on any atom is 0.0540 e. The molecule has 1 unspecified atom stereocenters. The van der Waals surface area contributed by atoms with Gasteiger partial charge in [-0.25, -0.2) is 0 Å². The molecule has 0 amide bonds. The summed E-state index contributed by atoms with van der Waals surface area (Å²) in [7, 11) is 0. The number of hydrogen-bond acceptors (Lipinski definition) is 1. The van der Waals surface area contributed by atoms with E-state index in [0.717, 1.165) is 19.3 Å². The zero-order chi connectivity index (χ0) is 8.53. The molecule has 0 saturated heterocycles. The fourth-order valence-corrected chi connectivity index (χ4v) is 0.779. The fourth-order valence-electron chi connectivity index (χ4n) is 0.779. The van der Waals surface area contributed by atoms with E-state index in [2.05, 4.69) is 6.08 Å². The predicted molar refractivity (Wildman–Crippen MR) is 49.5 cm³/mol. The normalized spacial score (nSPS) is 14.8. The van der Waals surface area contributed by atoms with Crippen LogP contribution in [0.4, 0.5) is 0 Å². The van der Waals surface area contributed by atoms with Gasteiger partial charge < -0.3 is 5.11 Å². The summed E-state index contributed by atoms with van der Waals surface area (Å²) < 4.78 is 0. The maximum atomic E-state index is 9.16. The minimum Gasteiger partial charge on any atom is -0.393 e. The first-order valence-corrected chi connectivity index (χ1v) is 4.27. The van der Waals surface area contributed by atoms with Crippen LogP contribution >= 0.6 is 0 Å². The van der Waals surface area contributed by atoms with E-state index in [9.17, 15) is 0 Å². The van der Waals surface area contributed by atoms with Crippen LogP contribution in [-0.4, -0.2) is 11.2 Å². The van der Waals surface area contributed by atoms with Gasteiger partial charge in [-0.15, -0.1) is 0 Å². The van der Waals surface area contributed by atoms with Crippen LogP contribution in [0, 0.1) is 0 Å². The molecule has 0 saturated carbocycles. The number of rotatable bonds is 5. The molecule has 0 aromatic rings. The van der Waals surface area contributed by atoms with Crippen LogP contribution < -0.4 is 0 Å². The molecule has 0 aliphatic heterocycles. The van der Waals surface area contributed by atoms with Crippen molar-refractivity contribution in [3.05, 3.63) is 24.3 Å². The fraction of sp³-hybridized carbons (Fsp3) is 0.600. The predicted octanol–water partition coefficient (Wildman–Crippen LogP) is 2.67. The minimum absolute atomic E-state index is 0.120. The molecule has 0 heterocycles. The lowest BCUT2D eigenvalue weighted by Gasteiger charge is -2.02. The Kier molecular flexibility index (Phi) is 7.16. The lowest BCUT2D eigenvalue weighted by atomic mass is 10.1. The van der Waals surface area contributed by atoms with Crippen LogP contribution in [0.2, 0.25) is 0 Å².